The van der Waals surface area contributed by atoms with Crippen LogP contribution in [0.1, 0.15) is 59.3 Å². The molecule has 0 bridgehead atoms. The Labute approximate surface area is 104 Å². The third-order valence-corrected chi connectivity index (χ3v) is 3.56. The summed E-state index contributed by atoms with van der Waals surface area (Å²) in [4.78, 5) is 11.8. The van der Waals surface area contributed by atoms with E-state index in [1.165, 1.54) is 25.7 Å². The van der Waals surface area contributed by atoms with Crippen molar-refractivity contribution in [3.8, 4) is 0 Å². The lowest BCUT2D eigenvalue weighted by atomic mass is 9.91. The molecule has 0 saturated carbocycles. The van der Waals surface area contributed by atoms with Crippen LogP contribution in [0.15, 0.2) is 23.1 Å². The summed E-state index contributed by atoms with van der Waals surface area (Å²) >= 11 is 0. The molecule has 1 rings (SSSR count). The Kier molecular flexibility index (Phi) is 5.39. The summed E-state index contributed by atoms with van der Waals surface area (Å²) < 4.78 is 1.65. The SMILES string of the molecule is CCCCCCC(C)(CC)n1ncccc1=O. The molecule has 0 fully saturated rings. The molecular formula is C14H24N2O. The molecule has 0 aliphatic heterocycles. The van der Waals surface area contributed by atoms with Crippen molar-refractivity contribution in [2.24, 2.45) is 0 Å². The Morgan fingerprint density at radius 3 is 2.65 bits per heavy atom. The molecule has 1 heterocycles. The van der Waals surface area contributed by atoms with Crippen LogP contribution >= 0.6 is 0 Å². The average Bonchev–Trinajstić information content (AvgIpc) is 2.35. The minimum Gasteiger partial charge on any atom is -0.268 e. The fourth-order valence-electron chi connectivity index (χ4n) is 2.13. The topological polar surface area (TPSA) is 34.9 Å². The molecule has 0 aliphatic carbocycles. The van der Waals surface area contributed by atoms with E-state index >= 15 is 0 Å². The van der Waals surface area contributed by atoms with Gasteiger partial charge in [-0.1, -0.05) is 39.5 Å². The number of nitrogens with zero attached hydrogens (tertiary/aromatic N) is 2. The Bertz CT molecular complexity index is 386. The molecule has 1 aromatic rings. The molecule has 0 saturated heterocycles. The van der Waals surface area contributed by atoms with Gasteiger partial charge in [-0.25, -0.2) is 4.68 Å². The first-order valence-electron chi connectivity index (χ1n) is 6.69. The molecule has 0 aromatic carbocycles. The summed E-state index contributed by atoms with van der Waals surface area (Å²) in [5.41, 5.74) is -0.126. The van der Waals surface area contributed by atoms with Crippen molar-refractivity contribution in [3.05, 3.63) is 28.7 Å². The van der Waals surface area contributed by atoms with Gasteiger partial charge >= 0.3 is 0 Å². The predicted molar refractivity (Wildman–Crippen MR) is 71.2 cm³/mol. The van der Waals surface area contributed by atoms with E-state index in [1.807, 2.05) is 0 Å². The molecule has 0 spiro atoms. The summed E-state index contributed by atoms with van der Waals surface area (Å²) in [5.74, 6) is 0. The molecule has 0 amide bonds. The summed E-state index contributed by atoms with van der Waals surface area (Å²) in [5, 5.41) is 4.22. The number of aromatic nitrogens is 2. The highest BCUT2D eigenvalue weighted by Crippen LogP contribution is 2.25. The van der Waals surface area contributed by atoms with Crippen LogP contribution in [0.4, 0.5) is 0 Å². The van der Waals surface area contributed by atoms with Gasteiger partial charge in [-0.05, 0) is 25.8 Å². The quantitative estimate of drug-likeness (QED) is 0.681. The van der Waals surface area contributed by atoms with Crippen LogP contribution in [0.2, 0.25) is 0 Å². The van der Waals surface area contributed by atoms with Gasteiger partial charge < -0.3 is 0 Å². The van der Waals surface area contributed by atoms with E-state index in [1.54, 1.807) is 23.0 Å². The lowest BCUT2D eigenvalue weighted by Gasteiger charge is -2.29. The molecule has 0 aliphatic rings. The molecule has 3 heteroatoms. The third kappa shape index (κ3) is 3.69. The molecule has 1 aromatic heterocycles. The first kappa shape index (κ1) is 13.9. The molecule has 96 valence electrons. The van der Waals surface area contributed by atoms with Gasteiger partial charge in [-0.3, -0.25) is 4.79 Å². The van der Waals surface area contributed by atoms with Crippen LogP contribution in [0, 0.1) is 0 Å². The Balaban J connectivity index is 2.74. The van der Waals surface area contributed by atoms with Gasteiger partial charge in [0.05, 0.1) is 5.54 Å². The highest BCUT2D eigenvalue weighted by atomic mass is 16.1. The number of unbranched alkanes of at least 4 members (excludes halogenated alkanes) is 3. The zero-order valence-electron chi connectivity index (χ0n) is 11.3. The zero-order chi connectivity index (χ0) is 12.7. The first-order chi connectivity index (χ1) is 8.14. The second kappa shape index (κ2) is 6.58. The molecular weight excluding hydrogens is 212 g/mol. The van der Waals surface area contributed by atoms with E-state index in [9.17, 15) is 4.79 Å². The maximum atomic E-state index is 11.8. The Morgan fingerprint density at radius 2 is 2.06 bits per heavy atom. The summed E-state index contributed by atoms with van der Waals surface area (Å²) in [6.45, 7) is 6.47. The smallest absolute Gasteiger partial charge is 0.267 e. The highest BCUT2D eigenvalue weighted by Gasteiger charge is 2.25. The van der Waals surface area contributed by atoms with Crippen LogP contribution in [0.25, 0.3) is 0 Å². The van der Waals surface area contributed by atoms with E-state index in [0.29, 0.717) is 0 Å². The maximum Gasteiger partial charge on any atom is 0.267 e. The van der Waals surface area contributed by atoms with E-state index in [2.05, 4.69) is 25.9 Å². The Hall–Kier alpha value is -1.12. The minimum atomic E-state index is -0.133. The van der Waals surface area contributed by atoms with Crippen molar-refractivity contribution < 1.29 is 0 Å². The normalized spacial score (nSPS) is 14.5. The van der Waals surface area contributed by atoms with E-state index in [4.69, 9.17) is 0 Å². The van der Waals surface area contributed by atoms with Gasteiger partial charge in [-0.2, -0.15) is 5.10 Å². The predicted octanol–water partition coefficient (Wildman–Crippen LogP) is 3.34. The van der Waals surface area contributed by atoms with Gasteiger partial charge in [0.25, 0.3) is 5.56 Å². The maximum absolute atomic E-state index is 11.8. The van der Waals surface area contributed by atoms with Gasteiger partial charge in [0.1, 0.15) is 0 Å². The molecule has 0 radical (unpaired) electrons. The Morgan fingerprint density at radius 1 is 1.29 bits per heavy atom. The van der Waals surface area contributed by atoms with Crippen LogP contribution < -0.4 is 5.56 Å². The summed E-state index contributed by atoms with van der Waals surface area (Å²) in [6.07, 6.45) is 8.59. The van der Waals surface area contributed by atoms with Crippen molar-refractivity contribution in [1.29, 1.82) is 0 Å². The largest absolute Gasteiger partial charge is 0.268 e. The van der Waals surface area contributed by atoms with Crippen molar-refractivity contribution in [1.82, 2.24) is 9.78 Å². The fourth-order valence-corrected chi connectivity index (χ4v) is 2.13. The van der Waals surface area contributed by atoms with E-state index < -0.39 is 0 Å². The second-order valence-electron chi connectivity index (χ2n) is 4.93. The monoisotopic (exact) mass is 236 g/mol. The molecule has 0 N–H and O–H groups in total. The van der Waals surface area contributed by atoms with Gasteiger partial charge in [0, 0.05) is 12.3 Å². The molecule has 1 unspecified atom stereocenters. The third-order valence-electron chi connectivity index (χ3n) is 3.56. The van der Waals surface area contributed by atoms with Crippen LogP contribution in [-0.2, 0) is 5.54 Å². The van der Waals surface area contributed by atoms with E-state index in [0.717, 1.165) is 12.8 Å². The number of hydrogen-bond donors (Lipinski definition) is 0. The highest BCUT2D eigenvalue weighted by molar-refractivity contribution is 4.90. The molecule has 1 atom stereocenters. The summed E-state index contributed by atoms with van der Waals surface area (Å²) in [7, 11) is 0. The van der Waals surface area contributed by atoms with Crippen molar-refractivity contribution in [3.63, 3.8) is 0 Å². The standard InChI is InChI=1S/C14H24N2O/c1-4-6-7-8-11-14(3,5-2)16-13(17)10-9-12-15-16/h9-10,12H,4-8,11H2,1-3H3. The lowest BCUT2D eigenvalue weighted by Crippen LogP contribution is -2.39. The average molecular weight is 236 g/mol. The van der Waals surface area contributed by atoms with Crippen LogP contribution in [-0.4, -0.2) is 9.78 Å². The van der Waals surface area contributed by atoms with Crippen LogP contribution in [0.5, 0.6) is 0 Å². The number of rotatable bonds is 7. The van der Waals surface area contributed by atoms with Crippen molar-refractivity contribution in [2.45, 2.75) is 64.8 Å². The fraction of sp³-hybridized carbons (Fsp3) is 0.714. The summed E-state index contributed by atoms with van der Waals surface area (Å²) in [6, 6.07) is 3.29. The van der Waals surface area contributed by atoms with Gasteiger partial charge in [-0.15, -0.1) is 0 Å². The van der Waals surface area contributed by atoms with Crippen molar-refractivity contribution >= 4 is 0 Å². The van der Waals surface area contributed by atoms with Crippen LogP contribution in [0.3, 0.4) is 0 Å². The second-order valence-corrected chi connectivity index (χ2v) is 4.93. The minimum absolute atomic E-state index is 0.00680. The first-order valence-corrected chi connectivity index (χ1v) is 6.69. The number of hydrogen-bond acceptors (Lipinski definition) is 2. The van der Waals surface area contributed by atoms with Gasteiger partial charge in [0.15, 0.2) is 0 Å². The van der Waals surface area contributed by atoms with E-state index in [-0.39, 0.29) is 11.1 Å². The lowest BCUT2D eigenvalue weighted by molar-refractivity contribution is 0.233. The van der Waals surface area contributed by atoms with Crippen molar-refractivity contribution in [2.75, 3.05) is 0 Å². The molecule has 3 nitrogen and oxygen atoms in total. The molecule has 17 heavy (non-hydrogen) atoms. The zero-order valence-corrected chi connectivity index (χ0v) is 11.3. The van der Waals surface area contributed by atoms with Gasteiger partial charge in [0.2, 0.25) is 0 Å².